The Morgan fingerprint density at radius 1 is 1.00 bits per heavy atom. The standard InChI is InChI=1S/C21H18ClFN2O3S/c1-25(14-15-6-3-2-4-7-15)29(27,28)17-12-10-16(11-13-17)24-21(26)20-18(22)8-5-9-19(20)23/h2-13H,14H2,1H3,(H,24,26). The van der Waals surface area contributed by atoms with Crippen molar-refractivity contribution in [3.8, 4) is 0 Å². The van der Waals surface area contributed by atoms with Crippen LogP contribution < -0.4 is 5.32 Å². The fourth-order valence-electron chi connectivity index (χ4n) is 2.72. The zero-order valence-electron chi connectivity index (χ0n) is 15.5. The monoisotopic (exact) mass is 432 g/mol. The minimum Gasteiger partial charge on any atom is -0.322 e. The highest BCUT2D eigenvalue weighted by Crippen LogP contribution is 2.22. The van der Waals surface area contributed by atoms with E-state index in [0.29, 0.717) is 5.69 Å². The van der Waals surface area contributed by atoms with E-state index < -0.39 is 21.7 Å². The first-order valence-electron chi connectivity index (χ1n) is 8.65. The molecule has 0 atom stereocenters. The van der Waals surface area contributed by atoms with Gasteiger partial charge in [0.05, 0.1) is 15.5 Å². The van der Waals surface area contributed by atoms with E-state index >= 15 is 0 Å². The minimum absolute atomic E-state index is 0.00997. The quantitative estimate of drug-likeness (QED) is 0.621. The Morgan fingerprint density at radius 3 is 2.28 bits per heavy atom. The van der Waals surface area contributed by atoms with E-state index in [1.54, 1.807) is 0 Å². The van der Waals surface area contributed by atoms with Crippen LogP contribution in [0.1, 0.15) is 15.9 Å². The third-order valence-electron chi connectivity index (χ3n) is 4.26. The SMILES string of the molecule is CN(Cc1ccccc1)S(=O)(=O)c1ccc(NC(=O)c2c(F)cccc2Cl)cc1. The number of nitrogens with zero attached hydrogens (tertiary/aromatic N) is 1. The highest BCUT2D eigenvalue weighted by atomic mass is 35.5. The maximum atomic E-state index is 13.9. The molecule has 0 saturated carbocycles. The van der Waals surface area contributed by atoms with E-state index in [9.17, 15) is 17.6 Å². The van der Waals surface area contributed by atoms with Gasteiger partial charge in [-0.1, -0.05) is 48.0 Å². The summed E-state index contributed by atoms with van der Waals surface area (Å²) in [6.07, 6.45) is 0. The van der Waals surface area contributed by atoms with Crippen molar-refractivity contribution in [2.24, 2.45) is 0 Å². The molecule has 5 nitrogen and oxygen atoms in total. The van der Waals surface area contributed by atoms with E-state index in [1.165, 1.54) is 47.8 Å². The molecule has 0 fully saturated rings. The number of hydrogen-bond donors (Lipinski definition) is 1. The summed E-state index contributed by atoms with van der Waals surface area (Å²) < 4.78 is 40.6. The number of halogens is 2. The number of amides is 1. The van der Waals surface area contributed by atoms with Crippen molar-refractivity contribution in [2.75, 3.05) is 12.4 Å². The molecule has 29 heavy (non-hydrogen) atoms. The topological polar surface area (TPSA) is 66.5 Å². The molecular formula is C21H18ClFN2O3S. The molecule has 0 radical (unpaired) electrons. The second-order valence-electron chi connectivity index (χ2n) is 6.32. The van der Waals surface area contributed by atoms with Gasteiger partial charge >= 0.3 is 0 Å². The van der Waals surface area contributed by atoms with E-state index in [1.807, 2.05) is 30.3 Å². The highest BCUT2D eigenvalue weighted by Gasteiger charge is 2.21. The zero-order chi connectivity index (χ0) is 21.0. The predicted octanol–water partition coefficient (Wildman–Crippen LogP) is 4.55. The molecule has 3 aromatic rings. The molecule has 0 aliphatic heterocycles. The summed E-state index contributed by atoms with van der Waals surface area (Å²) in [5.74, 6) is -1.46. The lowest BCUT2D eigenvalue weighted by atomic mass is 10.2. The van der Waals surface area contributed by atoms with Gasteiger partial charge in [-0.05, 0) is 42.0 Å². The summed E-state index contributed by atoms with van der Waals surface area (Å²) in [4.78, 5) is 12.4. The smallest absolute Gasteiger partial charge is 0.260 e. The van der Waals surface area contributed by atoms with Crippen LogP contribution >= 0.6 is 11.6 Å². The molecule has 0 aliphatic rings. The molecule has 3 aromatic carbocycles. The first-order valence-corrected chi connectivity index (χ1v) is 10.5. The minimum atomic E-state index is -3.71. The average Bonchev–Trinajstić information content (AvgIpc) is 2.69. The molecule has 0 unspecified atom stereocenters. The van der Waals surface area contributed by atoms with Crippen LogP contribution in [0.15, 0.2) is 77.7 Å². The molecule has 150 valence electrons. The Hall–Kier alpha value is -2.74. The molecule has 0 spiro atoms. The van der Waals surface area contributed by atoms with Gasteiger partial charge in [0.25, 0.3) is 5.91 Å². The molecule has 0 bridgehead atoms. The zero-order valence-corrected chi connectivity index (χ0v) is 17.0. The number of benzene rings is 3. The normalized spacial score (nSPS) is 11.4. The van der Waals surface area contributed by atoms with E-state index in [0.717, 1.165) is 11.6 Å². The van der Waals surface area contributed by atoms with Gasteiger partial charge in [0, 0.05) is 19.3 Å². The second-order valence-corrected chi connectivity index (χ2v) is 8.77. The van der Waals surface area contributed by atoms with Gasteiger partial charge in [-0.15, -0.1) is 0 Å². The third kappa shape index (κ3) is 4.82. The van der Waals surface area contributed by atoms with Gasteiger partial charge in [-0.25, -0.2) is 12.8 Å². The molecule has 0 heterocycles. The maximum absolute atomic E-state index is 13.9. The third-order valence-corrected chi connectivity index (χ3v) is 6.39. The Morgan fingerprint density at radius 2 is 1.66 bits per heavy atom. The van der Waals surface area contributed by atoms with E-state index in [2.05, 4.69) is 5.32 Å². The molecular weight excluding hydrogens is 415 g/mol. The Labute approximate surface area is 173 Å². The Bertz CT molecular complexity index is 1100. The van der Waals surface area contributed by atoms with E-state index in [-0.39, 0.29) is 22.0 Å². The summed E-state index contributed by atoms with van der Waals surface area (Å²) in [6, 6.07) is 18.8. The molecule has 1 N–H and O–H groups in total. The van der Waals surface area contributed by atoms with Crippen LogP contribution in [0, 0.1) is 5.82 Å². The first-order chi connectivity index (χ1) is 13.8. The van der Waals surface area contributed by atoms with Crippen molar-refractivity contribution in [3.05, 3.63) is 94.8 Å². The van der Waals surface area contributed by atoms with Gasteiger partial charge in [0.2, 0.25) is 10.0 Å². The number of sulfonamides is 1. The van der Waals surface area contributed by atoms with Crippen molar-refractivity contribution in [1.82, 2.24) is 4.31 Å². The van der Waals surface area contributed by atoms with Crippen LogP contribution in [-0.4, -0.2) is 25.7 Å². The highest BCUT2D eigenvalue weighted by molar-refractivity contribution is 7.89. The second kappa shape index (κ2) is 8.73. The maximum Gasteiger partial charge on any atom is 0.260 e. The van der Waals surface area contributed by atoms with Crippen LogP contribution in [0.25, 0.3) is 0 Å². The van der Waals surface area contributed by atoms with Crippen LogP contribution in [-0.2, 0) is 16.6 Å². The number of carbonyl (C=O) groups is 1. The number of nitrogens with one attached hydrogen (secondary N) is 1. The lowest BCUT2D eigenvalue weighted by Crippen LogP contribution is -2.26. The lowest BCUT2D eigenvalue weighted by molar-refractivity contribution is 0.102. The van der Waals surface area contributed by atoms with Crippen LogP contribution in [0.4, 0.5) is 10.1 Å². The van der Waals surface area contributed by atoms with E-state index in [4.69, 9.17) is 11.6 Å². The van der Waals surface area contributed by atoms with Crippen LogP contribution in [0.3, 0.4) is 0 Å². The van der Waals surface area contributed by atoms with Crippen molar-refractivity contribution in [3.63, 3.8) is 0 Å². The molecule has 3 rings (SSSR count). The largest absolute Gasteiger partial charge is 0.322 e. The fourth-order valence-corrected chi connectivity index (χ4v) is 4.13. The lowest BCUT2D eigenvalue weighted by Gasteiger charge is -2.17. The summed E-state index contributed by atoms with van der Waals surface area (Å²) in [5.41, 5.74) is 0.914. The summed E-state index contributed by atoms with van der Waals surface area (Å²) in [7, 11) is -2.21. The molecule has 0 saturated heterocycles. The predicted molar refractivity (Wildman–Crippen MR) is 111 cm³/mol. The Kier molecular flexibility index (Phi) is 6.32. The number of rotatable bonds is 6. The average molecular weight is 433 g/mol. The number of anilines is 1. The Balaban J connectivity index is 1.74. The van der Waals surface area contributed by atoms with Crippen LogP contribution in [0.5, 0.6) is 0 Å². The molecule has 0 aromatic heterocycles. The molecule has 0 aliphatic carbocycles. The summed E-state index contributed by atoms with van der Waals surface area (Å²) in [6.45, 7) is 0.230. The van der Waals surface area contributed by atoms with Gasteiger partial charge in [-0.3, -0.25) is 4.79 Å². The van der Waals surface area contributed by atoms with Gasteiger partial charge in [-0.2, -0.15) is 4.31 Å². The van der Waals surface area contributed by atoms with Crippen molar-refractivity contribution < 1.29 is 17.6 Å². The number of carbonyl (C=O) groups excluding carboxylic acids is 1. The van der Waals surface area contributed by atoms with Crippen molar-refractivity contribution >= 4 is 33.2 Å². The summed E-state index contributed by atoms with van der Waals surface area (Å²) >= 11 is 5.89. The van der Waals surface area contributed by atoms with Crippen molar-refractivity contribution in [2.45, 2.75) is 11.4 Å². The fraction of sp³-hybridized carbons (Fsp3) is 0.0952. The van der Waals surface area contributed by atoms with Gasteiger partial charge in [0.1, 0.15) is 5.82 Å². The molecule has 8 heteroatoms. The first kappa shape index (κ1) is 21.0. The summed E-state index contributed by atoms with van der Waals surface area (Å²) in [5, 5.41) is 2.51. The van der Waals surface area contributed by atoms with Gasteiger partial charge < -0.3 is 5.32 Å². The number of hydrogen-bond acceptors (Lipinski definition) is 3. The van der Waals surface area contributed by atoms with Crippen molar-refractivity contribution in [1.29, 1.82) is 0 Å². The van der Waals surface area contributed by atoms with Gasteiger partial charge in [0.15, 0.2) is 0 Å². The molecule has 1 amide bonds. The van der Waals surface area contributed by atoms with Crippen LogP contribution in [0.2, 0.25) is 5.02 Å².